The van der Waals surface area contributed by atoms with Gasteiger partial charge in [0.25, 0.3) is 0 Å². The van der Waals surface area contributed by atoms with Crippen molar-refractivity contribution in [3.63, 3.8) is 0 Å². The molecule has 3 unspecified atom stereocenters. The summed E-state index contributed by atoms with van der Waals surface area (Å²) in [5.74, 6) is 3.71. The molecule has 0 amide bonds. The van der Waals surface area contributed by atoms with E-state index < -0.39 is 0 Å². The van der Waals surface area contributed by atoms with Crippen LogP contribution in [0.3, 0.4) is 0 Å². The summed E-state index contributed by atoms with van der Waals surface area (Å²) in [6, 6.07) is 8.80. The van der Waals surface area contributed by atoms with Gasteiger partial charge in [-0.05, 0) is 68.3 Å². The van der Waals surface area contributed by atoms with E-state index in [1.807, 2.05) is 23.9 Å². The molecule has 1 aromatic carbocycles. The molecule has 2 rings (SSSR count). The fourth-order valence-corrected chi connectivity index (χ4v) is 4.78. The molecule has 0 saturated heterocycles. The normalized spacial score (nSPS) is 28.3. The van der Waals surface area contributed by atoms with E-state index in [1.54, 1.807) is 0 Å². The van der Waals surface area contributed by atoms with Crippen molar-refractivity contribution in [3.8, 4) is 0 Å². The van der Waals surface area contributed by atoms with Crippen molar-refractivity contribution >= 4 is 23.4 Å². The molecule has 0 aromatic heterocycles. The van der Waals surface area contributed by atoms with Gasteiger partial charge in [-0.25, -0.2) is 0 Å². The van der Waals surface area contributed by atoms with Crippen molar-refractivity contribution in [2.75, 3.05) is 12.8 Å². The minimum absolute atomic E-state index is 0.612. The summed E-state index contributed by atoms with van der Waals surface area (Å²) in [5.41, 5.74) is 0. The third-order valence-electron chi connectivity index (χ3n) is 4.40. The molecular formula is C17H26ClNS. The Bertz CT molecular complexity index is 396. The van der Waals surface area contributed by atoms with Gasteiger partial charge in [0.2, 0.25) is 0 Å². The standard InChI is InChI=1S/C17H26ClNS/c1-12-8-13(2)10-14(9-12)17(19-3)11-20-16-6-4-15(18)5-7-16/h4-7,12-14,17,19H,8-11H2,1-3H3. The van der Waals surface area contributed by atoms with Crippen molar-refractivity contribution < 1.29 is 0 Å². The molecule has 1 nitrogen and oxygen atoms in total. The Labute approximate surface area is 132 Å². The van der Waals surface area contributed by atoms with Crippen LogP contribution in [0.25, 0.3) is 0 Å². The van der Waals surface area contributed by atoms with Gasteiger partial charge >= 0.3 is 0 Å². The smallest absolute Gasteiger partial charge is 0.0406 e. The van der Waals surface area contributed by atoms with Crippen LogP contribution in [-0.4, -0.2) is 18.8 Å². The summed E-state index contributed by atoms with van der Waals surface area (Å²) in [4.78, 5) is 1.31. The number of hydrogen-bond acceptors (Lipinski definition) is 2. The monoisotopic (exact) mass is 311 g/mol. The first-order chi connectivity index (χ1) is 9.58. The molecule has 1 N–H and O–H groups in total. The topological polar surface area (TPSA) is 12.0 Å². The van der Waals surface area contributed by atoms with Gasteiger partial charge in [-0.3, -0.25) is 0 Å². The zero-order valence-corrected chi connectivity index (χ0v) is 14.3. The van der Waals surface area contributed by atoms with Crippen LogP contribution < -0.4 is 5.32 Å². The van der Waals surface area contributed by atoms with Gasteiger partial charge in [-0.2, -0.15) is 0 Å². The Balaban J connectivity index is 1.89. The highest BCUT2D eigenvalue weighted by molar-refractivity contribution is 7.99. The third kappa shape index (κ3) is 4.68. The molecule has 20 heavy (non-hydrogen) atoms. The summed E-state index contributed by atoms with van der Waals surface area (Å²) in [5, 5.41) is 4.36. The zero-order chi connectivity index (χ0) is 14.5. The lowest BCUT2D eigenvalue weighted by Gasteiger charge is -2.36. The summed E-state index contributed by atoms with van der Waals surface area (Å²) in [7, 11) is 2.11. The van der Waals surface area contributed by atoms with Crippen LogP contribution >= 0.6 is 23.4 Å². The molecule has 0 heterocycles. The molecule has 3 atom stereocenters. The van der Waals surface area contributed by atoms with Gasteiger partial charge < -0.3 is 5.32 Å². The maximum Gasteiger partial charge on any atom is 0.0406 e. The van der Waals surface area contributed by atoms with Crippen LogP contribution in [0.1, 0.15) is 33.1 Å². The van der Waals surface area contributed by atoms with Crippen molar-refractivity contribution in [2.24, 2.45) is 17.8 Å². The Hall–Kier alpha value is -0.180. The first-order valence-corrected chi connectivity index (χ1v) is 9.00. The van der Waals surface area contributed by atoms with E-state index >= 15 is 0 Å². The highest BCUT2D eigenvalue weighted by Crippen LogP contribution is 2.36. The predicted molar refractivity (Wildman–Crippen MR) is 90.7 cm³/mol. The van der Waals surface area contributed by atoms with Gasteiger partial charge in [0.15, 0.2) is 0 Å². The molecule has 1 aliphatic carbocycles. The Morgan fingerprint density at radius 3 is 2.30 bits per heavy atom. The van der Waals surface area contributed by atoms with Crippen LogP contribution in [0, 0.1) is 17.8 Å². The van der Waals surface area contributed by atoms with Crippen LogP contribution in [0.2, 0.25) is 5.02 Å². The lowest BCUT2D eigenvalue weighted by Crippen LogP contribution is -2.39. The van der Waals surface area contributed by atoms with Gasteiger partial charge in [0.1, 0.15) is 0 Å². The highest BCUT2D eigenvalue weighted by atomic mass is 35.5. The molecule has 0 bridgehead atoms. The fraction of sp³-hybridized carbons (Fsp3) is 0.647. The molecule has 3 heteroatoms. The van der Waals surface area contributed by atoms with E-state index in [0.717, 1.165) is 28.5 Å². The van der Waals surface area contributed by atoms with Crippen molar-refractivity contribution in [2.45, 2.75) is 44.0 Å². The van der Waals surface area contributed by atoms with E-state index in [4.69, 9.17) is 11.6 Å². The van der Waals surface area contributed by atoms with Crippen molar-refractivity contribution in [1.82, 2.24) is 5.32 Å². The zero-order valence-electron chi connectivity index (χ0n) is 12.7. The number of nitrogens with one attached hydrogen (secondary N) is 1. The summed E-state index contributed by atoms with van der Waals surface area (Å²) >= 11 is 7.87. The number of hydrogen-bond donors (Lipinski definition) is 1. The molecule has 0 spiro atoms. The van der Waals surface area contributed by atoms with E-state index in [2.05, 4.69) is 38.3 Å². The van der Waals surface area contributed by atoms with Gasteiger partial charge in [-0.15, -0.1) is 11.8 Å². The number of thioether (sulfide) groups is 1. The SMILES string of the molecule is CNC(CSc1ccc(Cl)cc1)C1CC(C)CC(C)C1. The minimum atomic E-state index is 0.612. The van der Waals surface area contributed by atoms with Crippen molar-refractivity contribution in [3.05, 3.63) is 29.3 Å². The molecule has 0 radical (unpaired) electrons. The molecule has 0 aliphatic heterocycles. The maximum absolute atomic E-state index is 5.93. The second kappa shape index (κ2) is 7.72. The minimum Gasteiger partial charge on any atom is -0.316 e. The number of benzene rings is 1. The average Bonchev–Trinajstić information content (AvgIpc) is 2.40. The molecule has 112 valence electrons. The van der Waals surface area contributed by atoms with Crippen LogP contribution in [-0.2, 0) is 0 Å². The van der Waals surface area contributed by atoms with Crippen LogP contribution in [0.15, 0.2) is 29.2 Å². The molecule has 1 aliphatic rings. The lowest BCUT2D eigenvalue weighted by atomic mass is 9.74. The van der Waals surface area contributed by atoms with Gasteiger partial charge in [0.05, 0.1) is 0 Å². The van der Waals surface area contributed by atoms with E-state index in [-0.39, 0.29) is 0 Å². The Morgan fingerprint density at radius 2 is 1.75 bits per heavy atom. The Morgan fingerprint density at radius 1 is 1.15 bits per heavy atom. The van der Waals surface area contributed by atoms with Crippen LogP contribution in [0.5, 0.6) is 0 Å². The van der Waals surface area contributed by atoms with Gasteiger partial charge in [0, 0.05) is 21.7 Å². The van der Waals surface area contributed by atoms with Crippen LogP contribution in [0.4, 0.5) is 0 Å². The molecule has 1 aromatic rings. The summed E-state index contributed by atoms with van der Waals surface area (Å²) in [6.45, 7) is 4.81. The molecular weight excluding hydrogens is 286 g/mol. The first kappa shape index (κ1) is 16.2. The largest absolute Gasteiger partial charge is 0.316 e. The van der Waals surface area contributed by atoms with Crippen molar-refractivity contribution in [1.29, 1.82) is 0 Å². The number of halogens is 1. The van der Waals surface area contributed by atoms with E-state index in [1.165, 1.54) is 24.2 Å². The predicted octanol–water partition coefficient (Wildman–Crippen LogP) is 5.09. The quantitative estimate of drug-likeness (QED) is 0.760. The van der Waals surface area contributed by atoms with E-state index in [0.29, 0.717) is 6.04 Å². The second-order valence-corrected chi connectivity index (χ2v) is 7.87. The first-order valence-electron chi connectivity index (χ1n) is 7.64. The van der Waals surface area contributed by atoms with E-state index in [9.17, 15) is 0 Å². The lowest BCUT2D eigenvalue weighted by molar-refractivity contribution is 0.188. The fourth-order valence-electron chi connectivity index (χ4n) is 3.51. The number of rotatable bonds is 5. The average molecular weight is 312 g/mol. The molecule has 1 saturated carbocycles. The third-order valence-corrected chi connectivity index (χ3v) is 5.78. The second-order valence-electron chi connectivity index (χ2n) is 6.34. The summed E-state index contributed by atoms with van der Waals surface area (Å²) < 4.78 is 0. The summed E-state index contributed by atoms with van der Waals surface area (Å²) in [6.07, 6.45) is 4.14. The highest BCUT2D eigenvalue weighted by Gasteiger charge is 2.29. The van der Waals surface area contributed by atoms with Gasteiger partial charge in [-0.1, -0.05) is 25.4 Å². The Kier molecular flexibility index (Phi) is 6.25. The maximum atomic E-state index is 5.93. The molecule has 1 fully saturated rings.